The molecular weight excluding hydrogens is 400 g/mol. The molecule has 2 aliphatic rings. The lowest BCUT2D eigenvalue weighted by molar-refractivity contribution is 0.0145. The molecule has 0 saturated carbocycles. The quantitative estimate of drug-likeness (QED) is 0.808. The number of nitrogens with one attached hydrogen (secondary N) is 1. The fourth-order valence-electron chi connectivity index (χ4n) is 3.44. The molecular formula is C22H22N4O5. The lowest BCUT2D eigenvalue weighted by atomic mass is 10.0. The molecule has 31 heavy (non-hydrogen) atoms. The molecule has 9 nitrogen and oxygen atoms in total. The minimum absolute atomic E-state index is 0.0755. The van der Waals surface area contributed by atoms with E-state index in [0.717, 1.165) is 16.7 Å². The van der Waals surface area contributed by atoms with Gasteiger partial charge in [-0.15, -0.1) is 0 Å². The summed E-state index contributed by atoms with van der Waals surface area (Å²) >= 11 is 0. The molecule has 2 aromatic rings. The first-order valence-electron chi connectivity index (χ1n) is 9.84. The van der Waals surface area contributed by atoms with Gasteiger partial charge in [0.1, 0.15) is 23.1 Å². The predicted molar refractivity (Wildman–Crippen MR) is 109 cm³/mol. The average molecular weight is 422 g/mol. The first-order valence-corrected chi connectivity index (χ1v) is 9.84. The minimum Gasteiger partial charge on any atom is -0.466 e. The highest BCUT2D eigenvalue weighted by molar-refractivity contribution is 5.73. The van der Waals surface area contributed by atoms with Crippen LogP contribution in [0.1, 0.15) is 32.0 Å². The van der Waals surface area contributed by atoms with Gasteiger partial charge in [-0.1, -0.05) is 6.07 Å². The Kier molecular flexibility index (Phi) is 5.15. The van der Waals surface area contributed by atoms with Crippen molar-refractivity contribution in [2.45, 2.75) is 45.2 Å². The summed E-state index contributed by atoms with van der Waals surface area (Å²) < 4.78 is 16.7. The van der Waals surface area contributed by atoms with Crippen LogP contribution in [0.25, 0.3) is 11.1 Å². The van der Waals surface area contributed by atoms with Crippen LogP contribution in [0.15, 0.2) is 36.5 Å². The van der Waals surface area contributed by atoms with Crippen LogP contribution >= 0.6 is 0 Å². The first-order chi connectivity index (χ1) is 14.7. The maximum atomic E-state index is 12.4. The molecule has 0 spiro atoms. The second-order valence-corrected chi connectivity index (χ2v) is 8.31. The normalized spacial score (nSPS) is 19.4. The third kappa shape index (κ3) is 4.38. The zero-order valence-corrected chi connectivity index (χ0v) is 17.4. The largest absolute Gasteiger partial charge is 0.466 e. The highest BCUT2D eigenvalue weighted by atomic mass is 16.6. The Morgan fingerprint density at radius 2 is 2.06 bits per heavy atom. The van der Waals surface area contributed by atoms with Crippen LogP contribution in [0, 0.1) is 11.3 Å². The van der Waals surface area contributed by atoms with Gasteiger partial charge in [0.2, 0.25) is 6.23 Å². The summed E-state index contributed by atoms with van der Waals surface area (Å²) in [5, 5.41) is 11.5. The summed E-state index contributed by atoms with van der Waals surface area (Å²) in [6.45, 7) is 5.71. The molecule has 2 amide bonds. The van der Waals surface area contributed by atoms with Crippen molar-refractivity contribution < 1.29 is 23.8 Å². The van der Waals surface area contributed by atoms with E-state index < -0.39 is 30.1 Å². The van der Waals surface area contributed by atoms with Crippen molar-refractivity contribution >= 4 is 12.2 Å². The second-order valence-electron chi connectivity index (χ2n) is 8.31. The Labute approximate surface area is 179 Å². The molecule has 1 aromatic carbocycles. The third-order valence-electron chi connectivity index (χ3n) is 4.82. The second kappa shape index (κ2) is 7.80. The van der Waals surface area contributed by atoms with E-state index in [1.165, 1.54) is 4.90 Å². The van der Waals surface area contributed by atoms with Gasteiger partial charge in [-0.2, -0.15) is 5.26 Å². The molecule has 0 aliphatic carbocycles. The third-order valence-corrected chi connectivity index (χ3v) is 4.82. The standard InChI is InChI=1S/C22H22N4O5/c1-22(2,3)31-20(27)25-11-18-19-26(21(28)30-18)12-15-8-13(5-7-17(15)29-19)14-4-6-16(9-23)24-10-14/h4-8,10,18-19H,11-12H2,1-3H3,(H,25,27)/t18-,19-/m0/s1. The number of nitriles is 1. The number of rotatable bonds is 3. The van der Waals surface area contributed by atoms with Crippen LogP contribution in [0.2, 0.25) is 0 Å². The molecule has 1 aromatic heterocycles. The van der Waals surface area contributed by atoms with E-state index in [9.17, 15) is 9.59 Å². The molecule has 1 N–H and O–H groups in total. The van der Waals surface area contributed by atoms with Gasteiger partial charge >= 0.3 is 12.2 Å². The van der Waals surface area contributed by atoms with Crippen molar-refractivity contribution in [1.82, 2.24) is 15.2 Å². The summed E-state index contributed by atoms with van der Waals surface area (Å²) in [6, 6.07) is 11.1. The van der Waals surface area contributed by atoms with Crippen LogP contribution < -0.4 is 10.1 Å². The molecule has 4 rings (SSSR count). The Balaban J connectivity index is 1.47. The summed E-state index contributed by atoms with van der Waals surface area (Å²) in [6.07, 6.45) is -0.751. The Hall–Kier alpha value is -3.80. The van der Waals surface area contributed by atoms with E-state index in [4.69, 9.17) is 19.5 Å². The van der Waals surface area contributed by atoms with Gasteiger partial charge in [-0.25, -0.2) is 14.6 Å². The van der Waals surface area contributed by atoms with Gasteiger partial charge in [0, 0.05) is 17.3 Å². The number of hydrogen-bond donors (Lipinski definition) is 1. The van der Waals surface area contributed by atoms with E-state index in [2.05, 4.69) is 10.3 Å². The van der Waals surface area contributed by atoms with E-state index in [-0.39, 0.29) is 6.54 Å². The van der Waals surface area contributed by atoms with Crippen molar-refractivity contribution in [3.63, 3.8) is 0 Å². The summed E-state index contributed by atoms with van der Waals surface area (Å²) in [5.41, 5.74) is 2.31. The van der Waals surface area contributed by atoms with E-state index in [0.29, 0.717) is 18.0 Å². The molecule has 1 fully saturated rings. The number of hydrogen-bond acceptors (Lipinski definition) is 7. The summed E-state index contributed by atoms with van der Waals surface area (Å²) in [5.74, 6) is 0.646. The smallest absolute Gasteiger partial charge is 0.413 e. The lowest BCUT2D eigenvalue weighted by Gasteiger charge is -2.31. The molecule has 2 aliphatic heterocycles. The Morgan fingerprint density at radius 3 is 2.74 bits per heavy atom. The van der Waals surface area contributed by atoms with Crippen LogP contribution in [-0.2, 0) is 16.0 Å². The zero-order valence-electron chi connectivity index (χ0n) is 17.4. The van der Waals surface area contributed by atoms with Crippen molar-refractivity contribution in [1.29, 1.82) is 5.26 Å². The van der Waals surface area contributed by atoms with Crippen LogP contribution in [-0.4, -0.2) is 46.5 Å². The molecule has 2 atom stereocenters. The van der Waals surface area contributed by atoms with Crippen LogP contribution in [0.5, 0.6) is 5.75 Å². The van der Waals surface area contributed by atoms with Crippen molar-refractivity contribution in [3.05, 3.63) is 47.8 Å². The van der Waals surface area contributed by atoms with Gasteiger partial charge < -0.3 is 19.5 Å². The van der Waals surface area contributed by atoms with Gasteiger partial charge in [0.15, 0.2) is 6.10 Å². The fourth-order valence-corrected chi connectivity index (χ4v) is 3.44. The van der Waals surface area contributed by atoms with Crippen LogP contribution in [0.3, 0.4) is 0 Å². The number of amides is 2. The fraction of sp³-hybridized carbons (Fsp3) is 0.364. The Morgan fingerprint density at radius 1 is 1.29 bits per heavy atom. The monoisotopic (exact) mass is 422 g/mol. The summed E-state index contributed by atoms with van der Waals surface area (Å²) in [7, 11) is 0. The number of pyridine rings is 1. The molecule has 0 bridgehead atoms. The van der Waals surface area contributed by atoms with Crippen molar-refractivity contribution in [2.75, 3.05) is 6.54 Å². The number of benzene rings is 1. The molecule has 3 heterocycles. The van der Waals surface area contributed by atoms with E-state index in [1.54, 1.807) is 33.0 Å². The number of aromatic nitrogens is 1. The van der Waals surface area contributed by atoms with Crippen molar-refractivity contribution in [2.24, 2.45) is 0 Å². The highest BCUT2D eigenvalue weighted by Crippen LogP contribution is 2.36. The van der Waals surface area contributed by atoms with E-state index >= 15 is 0 Å². The van der Waals surface area contributed by atoms with Gasteiger partial charge in [-0.3, -0.25) is 4.90 Å². The number of ether oxygens (including phenoxy) is 3. The Bertz CT molecular complexity index is 1060. The minimum atomic E-state index is -0.657. The molecule has 0 radical (unpaired) electrons. The predicted octanol–water partition coefficient (Wildman–Crippen LogP) is 3.18. The number of carbonyl (C=O) groups excluding carboxylic acids is 2. The maximum Gasteiger partial charge on any atom is 0.413 e. The summed E-state index contributed by atoms with van der Waals surface area (Å²) in [4.78, 5) is 29.9. The van der Waals surface area contributed by atoms with Crippen LogP contribution in [0.4, 0.5) is 9.59 Å². The first kappa shape index (κ1) is 20.5. The van der Waals surface area contributed by atoms with Gasteiger partial charge in [0.05, 0.1) is 13.1 Å². The molecule has 9 heteroatoms. The number of carbonyl (C=O) groups is 2. The number of alkyl carbamates (subject to hydrolysis) is 1. The number of fused-ring (bicyclic) bond motifs is 2. The molecule has 0 unspecified atom stereocenters. The van der Waals surface area contributed by atoms with Gasteiger partial charge in [0.25, 0.3) is 0 Å². The van der Waals surface area contributed by atoms with Gasteiger partial charge in [-0.05, 0) is 50.6 Å². The zero-order chi connectivity index (χ0) is 22.2. The van der Waals surface area contributed by atoms with E-state index in [1.807, 2.05) is 30.3 Å². The highest BCUT2D eigenvalue weighted by Gasteiger charge is 2.46. The average Bonchev–Trinajstić information content (AvgIpc) is 3.04. The SMILES string of the molecule is CC(C)(C)OC(=O)NC[C@@H]1OC(=O)N2Cc3cc(-c4ccc(C#N)nc4)ccc3O[C@@H]12. The van der Waals surface area contributed by atoms with Crippen molar-refractivity contribution in [3.8, 4) is 22.9 Å². The topological polar surface area (TPSA) is 114 Å². The maximum absolute atomic E-state index is 12.4. The molecule has 1 saturated heterocycles. The molecule has 160 valence electrons. The lowest BCUT2D eigenvalue weighted by Crippen LogP contribution is -2.48. The number of cyclic esters (lactones) is 1. The number of nitrogens with zero attached hydrogens (tertiary/aromatic N) is 3.